The summed E-state index contributed by atoms with van der Waals surface area (Å²) in [6.07, 6.45) is 9.38. The van der Waals surface area contributed by atoms with E-state index < -0.39 is 0 Å². The summed E-state index contributed by atoms with van der Waals surface area (Å²) in [5, 5.41) is 0. The molecule has 158 valence electrons. The predicted octanol–water partition coefficient (Wildman–Crippen LogP) is 7.43. The van der Waals surface area contributed by atoms with Crippen LogP contribution < -0.4 is 4.74 Å². The third-order valence-electron chi connectivity index (χ3n) is 7.16. The summed E-state index contributed by atoms with van der Waals surface area (Å²) in [4.78, 5) is 0. The minimum atomic E-state index is -0.0829. The van der Waals surface area contributed by atoms with E-state index in [1.54, 1.807) is 0 Å². The van der Waals surface area contributed by atoms with Crippen LogP contribution in [0.2, 0.25) is 0 Å². The van der Waals surface area contributed by atoms with Crippen molar-refractivity contribution in [1.82, 2.24) is 0 Å². The van der Waals surface area contributed by atoms with Gasteiger partial charge in [-0.2, -0.15) is 0 Å². The van der Waals surface area contributed by atoms with Crippen molar-refractivity contribution in [3.8, 4) is 5.75 Å². The summed E-state index contributed by atoms with van der Waals surface area (Å²) in [5.74, 6) is 5.25. The fourth-order valence-corrected chi connectivity index (χ4v) is 5.75. The van der Waals surface area contributed by atoms with Gasteiger partial charge >= 0.3 is 0 Å². The highest BCUT2D eigenvalue weighted by Gasteiger charge is 2.42. The minimum Gasteiger partial charge on any atom is -0.465 e. The molecule has 2 nitrogen and oxygen atoms in total. The summed E-state index contributed by atoms with van der Waals surface area (Å²) in [7, 11) is 0. The Hall–Kier alpha value is -1.02. The van der Waals surface area contributed by atoms with Crippen LogP contribution in [0.3, 0.4) is 0 Å². The van der Waals surface area contributed by atoms with Crippen molar-refractivity contribution < 1.29 is 9.47 Å². The molecule has 2 heteroatoms. The molecular weight excluding hydrogens is 344 g/mol. The van der Waals surface area contributed by atoms with Crippen LogP contribution in [0, 0.1) is 29.6 Å². The summed E-state index contributed by atoms with van der Waals surface area (Å²) >= 11 is 0. The van der Waals surface area contributed by atoms with Crippen molar-refractivity contribution >= 4 is 0 Å². The van der Waals surface area contributed by atoms with E-state index in [0.717, 1.165) is 30.1 Å². The lowest BCUT2D eigenvalue weighted by atomic mass is 9.78. The molecule has 0 N–H and O–H groups in total. The molecule has 1 aromatic rings. The van der Waals surface area contributed by atoms with Crippen LogP contribution in [0.25, 0.3) is 0 Å². The van der Waals surface area contributed by atoms with Crippen LogP contribution in [0.15, 0.2) is 24.3 Å². The molecule has 0 saturated heterocycles. The van der Waals surface area contributed by atoms with Gasteiger partial charge in [0.15, 0.2) is 0 Å². The van der Waals surface area contributed by atoms with Crippen molar-refractivity contribution in [2.45, 2.75) is 91.8 Å². The third kappa shape index (κ3) is 5.32. The smallest absolute Gasteiger partial charge is 0.202 e. The molecule has 2 aliphatic rings. The molecule has 0 heterocycles. The van der Waals surface area contributed by atoms with E-state index in [2.05, 4.69) is 58.9 Å². The third-order valence-corrected chi connectivity index (χ3v) is 7.16. The molecule has 0 bridgehead atoms. The number of hydrogen-bond donors (Lipinski definition) is 0. The largest absolute Gasteiger partial charge is 0.465 e. The topological polar surface area (TPSA) is 18.5 Å². The molecule has 0 radical (unpaired) electrons. The summed E-state index contributed by atoms with van der Waals surface area (Å²) in [6.45, 7) is 12.1. The average Bonchev–Trinajstić information content (AvgIpc) is 3.10. The van der Waals surface area contributed by atoms with Gasteiger partial charge in [-0.15, -0.1) is 0 Å². The zero-order chi connectivity index (χ0) is 20.1. The van der Waals surface area contributed by atoms with E-state index in [4.69, 9.17) is 9.47 Å². The lowest BCUT2D eigenvalue weighted by Gasteiger charge is -2.33. The Morgan fingerprint density at radius 3 is 2.29 bits per heavy atom. The number of benzene rings is 1. The van der Waals surface area contributed by atoms with E-state index in [1.165, 1.54) is 50.5 Å². The molecule has 1 aromatic carbocycles. The van der Waals surface area contributed by atoms with Gasteiger partial charge in [-0.25, -0.2) is 0 Å². The highest BCUT2D eigenvalue weighted by molar-refractivity contribution is 5.30. The fraction of sp³-hybridized carbons (Fsp3) is 0.769. The van der Waals surface area contributed by atoms with Crippen LogP contribution in [-0.4, -0.2) is 12.9 Å². The summed E-state index contributed by atoms with van der Waals surface area (Å²) in [5.41, 5.74) is 1.44. The Labute approximate surface area is 173 Å². The van der Waals surface area contributed by atoms with Crippen molar-refractivity contribution in [3.63, 3.8) is 0 Å². The van der Waals surface area contributed by atoms with E-state index in [-0.39, 0.29) is 6.29 Å². The van der Waals surface area contributed by atoms with Crippen LogP contribution in [0.1, 0.15) is 91.0 Å². The minimum absolute atomic E-state index is 0.0829. The Kier molecular flexibility index (Phi) is 7.85. The van der Waals surface area contributed by atoms with Crippen LogP contribution in [-0.2, 0) is 4.74 Å². The first-order chi connectivity index (χ1) is 13.5. The van der Waals surface area contributed by atoms with Crippen molar-refractivity contribution in [2.75, 3.05) is 6.61 Å². The van der Waals surface area contributed by atoms with Gasteiger partial charge in [0.05, 0.1) is 0 Å². The molecular formula is C26H42O2. The maximum absolute atomic E-state index is 6.44. The van der Waals surface area contributed by atoms with Crippen LogP contribution in [0.5, 0.6) is 5.75 Å². The maximum Gasteiger partial charge on any atom is 0.202 e. The van der Waals surface area contributed by atoms with Crippen molar-refractivity contribution in [1.29, 1.82) is 0 Å². The summed E-state index contributed by atoms with van der Waals surface area (Å²) < 4.78 is 12.6. The molecule has 28 heavy (non-hydrogen) atoms. The van der Waals surface area contributed by atoms with Crippen LogP contribution >= 0.6 is 0 Å². The maximum atomic E-state index is 6.44. The molecule has 0 spiro atoms. The van der Waals surface area contributed by atoms with Crippen molar-refractivity contribution in [2.24, 2.45) is 29.6 Å². The lowest BCUT2D eigenvalue weighted by Crippen LogP contribution is -2.34. The Balaban J connectivity index is 1.68. The zero-order valence-electron chi connectivity index (χ0n) is 18.8. The standard InChI is InChI=1S/C26H42O2/c1-6-27-26(24-16-13-20-9-7-8-10-23(20)24)28-22-14-11-21(12-15-22)25(19(4)5)17-18(2)3/h11-12,14-15,18-20,23-26H,6-10,13,16-17H2,1-5H3. The molecule has 0 aromatic heterocycles. The monoisotopic (exact) mass is 386 g/mol. The van der Waals surface area contributed by atoms with Gasteiger partial charge in [0.25, 0.3) is 0 Å². The molecule has 2 aliphatic carbocycles. The molecule has 2 fully saturated rings. The van der Waals surface area contributed by atoms with Crippen LogP contribution in [0.4, 0.5) is 0 Å². The Morgan fingerprint density at radius 2 is 1.64 bits per heavy atom. The SMILES string of the molecule is CCOC(Oc1ccc(C(CC(C)C)C(C)C)cc1)C1CCC2CCCCC21. The second kappa shape index (κ2) is 10.1. The lowest BCUT2D eigenvalue weighted by molar-refractivity contribution is -0.124. The van der Waals surface area contributed by atoms with Gasteiger partial charge in [-0.05, 0) is 79.9 Å². The van der Waals surface area contributed by atoms with Gasteiger partial charge in [0.2, 0.25) is 6.29 Å². The first-order valence-corrected chi connectivity index (χ1v) is 11.9. The van der Waals surface area contributed by atoms with E-state index in [1.807, 2.05) is 0 Å². The highest BCUT2D eigenvalue weighted by Crippen LogP contribution is 2.48. The Bertz CT molecular complexity index is 577. The number of fused-ring (bicyclic) bond motifs is 1. The first kappa shape index (κ1) is 21.7. The first-order valence-electron chi connectivity index (χ1n) is 11.9. The molecule has 3 rings (SSSR count). The normalized spacial score (nSPS) is 27.0. The Morgan fingerprint density at radius 1 is 0.929 bits per heavy atom. The molecule has 5 unspecified atom stereocenters. The van der Waals surface area contributed by atoms with Gasteiger partial charge in [0.1, 0.15) is 5.75 Å². The fourth-order valence-electron chi connectivity index (χ4n) is 5.75. The van der Waals surface area contributed by atoms with E-state index >= 15 is 0 Å². The van der Waals surface area contributed by atoms with Gasteiger partial charge in [-0.3, -0.25) is 0 Å². The predicted molar refractivity (Wildman–Crippen MR) is 118 cm³/mol. The zero-order valence-corrected chi connectivity index (χ0v) is 18.8. The average molecular weight is 387 g/mol. The molecule has 2 saturated carbocycles. The van der Waals surface area contributed by atoms with Gasteiger partial charge in [0, 0.05) is 12.5 Å². The highest BCUT2D eigenvalue weighted by atomic mass is 16.7. The number of rotatable bonds is 9. The van der Waals surface area contributed by atoms with E-state index in [9.17, 15) is 0 Å². The molecule has 0 amide bonds. The second-order valence-electron chi connectivity index (χ2n) is 9.94. The van der Waals surface area contributed by atoms with E-state index in [0.29, 0.717) is 17.8 Å². The summed E-state index contributed by atoms with van der Waals surface area (Å²) in [6, 6.07) is 8.90. The van der Waals surface area contributed by atoms with Crippen molar-refractivity contribution in [3.05, 3.63) is 29.8 Å². The quantitative estimate of drug-likeness (QED) is 0.411. The molecule has 5 atom stereocenters. The van der Waals surface area contributed by atoms with Gasteiger partial charge < -0.3 is 9.47 Å². The second-order valence-corrected chi connectivity index (χ2v) is 9.94. The number of hydrogen-bond acceptors (Lipinski definition) is 2. The number of ether oxygens (including phenoxy) is 2. The van der Waals surface area contributed by atoms with Gasteiger partial charge in [-0.1, -0.05) is 59.1 Å². The molecule has 0 aliphatic heterocycles.